The molecule has 0 fully saturated rings. The van der Waals surface area contributed by atoms with Crippen LogP contribution in [0.4, 0.5) is 0 Å². The summed E-state index contributed by atoms with van der Waals surface area (Å²) in [6, 6.07) is 0.118. The van der Waals surface area contributed by atoms with Crippen LogP contribution in [0.25, 0.3) is 0 Å². The van der Waals surface area contributed by atoms with Crippen LogP contribution in [-0.4, -0.2) is 46.9 Å². The summed E-state index contributed by atoms with van der Waals surface area (Å²) in [5.41, 5.74) is 0. The van der Waals surface area contributed by atoms with Crippen molar-refractivity contribution in [3.8, 4) is 0 Å². The van der Waals surface area contributed by atoms with E-state index in [4.69, 9.17) is 4.74 Å². The van der Waals surface area contributed by atoms with Crippen molar-refractivity contribution in [2.75, 3.05) is 20.3 Å². The number of methoxy groups -OCH3 is 1. The summed E-state index contributed by atoms with van der Waals surface area (Å²) >= 11 is 0. The highest BCUT2D eigenvalue weighted by Crippen LogP contribution is 2.17. The van der Waals surface area contributed by atoms with E-state index in [9.17, 15) is 9.90 Å². The SMILES string of the molecule is CCCC(CC(=O)NCC(O)COC)n1ccnc1. The molecule has 0 saturated carbocycles. The molecule has 1 heterocycles. The Bertz CT molecular complexity index is 354. The first-order chi connectivity index (χ1) is 9.17. The third kappa shape index (κ3) is 5.85. The summed E-state index contributed by atoms with van der Waals surface area (Å²) in [6.07, 6.45) is 6.97. The highest BCUT2D eigenvalue weighted by Gasteiger charge is 2.15. The van der Waals surface area contributed by atoms with Crippen LogP contribution < -0.4 is 5.32 Å². The van der Waals surface area contributed by atoms with Gasteiger partial charge in [-0.25, -0.2) is 4.98 Å². The summed E-state index contributed by atoms with van der Waals surface area (Å²) in [7, 11) is 1.52. The molecule has 0 bridgehead atoms. The molecule has 19 heavy (non-hydrogen) atoms. The number of ether oxygens (including phenoxy) is 1. The zero-order valence-corrected chi connectivity index (χ0v) is 11.6. The quantitative estimate of drug-likeness (QED) is 0.693. The van der Waals surface area contributed by atoms with Crippen LogP contribution in [0.2, 0.25) is 0 Å². The molecule has 1 amide bonds. The number of imidazole rings is 1. The van der Waals surface area contributed by atoms with Crippen LogP contribution in [0, 0.1) is 0 Å². The third-order valence-corrected chi connectivity index (χ3v) is 2.88. The first-order valence-electron chi connectivity index (χ1n) is 6.58. The van der Waals surface area contributed by atoms with E-state index in [-0.39, 0.29) is 25.1 Å². The third-order valence-electron chi connectivity index (χ3n) is 2.88. The highest BCUT2D eigenvalue weighted by molar-refractivity contribution is 5.76. The topological polar surface area (TPSA) is 76.4 Å². The highest BCUT2D eigenvalue weighted by atomic mass is 16.5. The van der Waals surface area contributed by atoms with Gasteiger partial charge in [-0.05, 0) is 6.42 Å². The molecule has 0 spiro atoms. The number of hydrogen-bond donors (Lipinski definition) is 2. The van der Waals surface area contributed by atoms with E-state index < -0.39 is 6.10 Å². The fraction of sp³-hybridized carbons (Fsp3) is 0.692. The Hall–Kier alpha value is -1.40. The smallest absolute Gasteiger partial charge is 0.222 e. The molecule has 0 aliphatic rings. The number of rotatable bonds is 9. The maximum atomic E-state index is 11.8. The predicted octanol–water partition coefficient (Wildman–Crippen LogP) is 0.738. The first kappa shape index (κ1) is 15.7. The number of aliphatic hydroxyl groups is 1. The van der Waals surface area contributed by atoms with Gasteiger partial charge >= 0.3 is 0 Å². The summed E-state index contributed by atoms with van der Waals surface area (Å²) in [6.45, 7) is 2.53. The molecule has 0 saturated heterocycles. The lowest BCUT2D eigenvalue weighted by Crippen LogP contribution is -2.35. The fourth-order valence-electron chi connectivity index (χ4n) is 1.94. The number of aromatic nitrogens is 2. The van der Waals surface area contributed by atoms with Crippen molar-refractivity contribution in [3.63, 3.8) is 0 Å². The monoisotopic (exact) mass is 269 g/mol. The van der Waals surface area contributed by atoms with Crippen LogP contribution in [0.1, 0.15) is 32.2 Å². The lowest BCUT2D eigenvalue weighted by atomic mass is 10.1. The number of carbonyl (C=O) groups is 1. The van der Waals surface area contributed by atoms with Crippen LogP contribution >= 0.6 is 0 Å². The maximum Gasteiger partial charge on any atom is 0.222 e. The minimum Gasteiger partial charge on any atom is -0.389 e. The lowest BCUT2D eigenvalue weighted by Gasteiger charge is -2.18. The minimum absolute atomic E-state index is 0.0673. The minimum atomic E-state index is -0.660. The predicted molar refractivity (Wildman–Crippen MR) is 71.7 cm³/mol. The van der Waals surface area contributed by atoms with Crippen molar-refractivity contribution in [3.05, 3.63) is 18.7 Å². The molecule has 2 atom stereocenters. The summed E-state index contributed by atoms with van der Waals surface area (Å²) < 4.78 is 6.75. The second-order valence-electron chi connectivity index (χ2n) is 4.57. The molecule has 1 rings (SSSR count). The number of carbonyl (C=O) groups excluding carboxylic acids is 1. The van der Waals surface area contributed by atoms with Crippen LogP contribution in [0.5, 0.6) is 0 Å². The second-order valence-corrected chi connectivity index (χ2v) is 4.57. The van der Waals surface area contributed by atoms with Gasteiger partial charge < -0.3 is 19.7 Å². The lowest BCUT2D eigenvalue weighted by molar-refractivity contribution is -0.122. The molecule has 0 aliphatic heterocycles. The van der Waals surface area contributed by atoms with Crippen molar-refractivity contribution < 1.29 is 14.6 Å². The number of hydrogen-bond acceptors (Lipinski definition) is 4. The fourth-order valence-corrected chi connectivity index (χ4v) is 1.94. The molecule has 0 radical (unpaired) electrons. The van der Waals surface area contributed by atoms with Gasteiger partial charge in [0.1, 0.15) is 0 Å². The molecule has 1 aromatic rings. The van der Waals surface area contributed by atoms with Crippen molar-refractivity contribution in [2.45, 2.75) is 38.3 Å². The molecular weight excluding hydrogens is 246 g/mol. The zero-order chi connectivity index (χ0) is 14.1. The maximum absolute atomic E-state index is 11.8. The number of aliphatic hydroxyl groups excluding tert-OH is 1. The first-order valence-corrected chi connectivity index (χ1v) is 6.58. The summed E-state index contributed by atoms with van der Waals surface area (Å²) in [5, 5.41) is 12.2. The van der Waals surface area contributed by atoms with E-state index in [2.05, 4.69) is 17.2 Å². The molecule has 0 aromatic carbocycles. The Morgan fingerprint density at radius 3 is 2.95 bits per heavy atom. The van der Waals surface area contributed by atoms with Crippen molar-refractivity contribution in [1.29, 1.82) is 0 Å². The van der Waals surface area contributed by atoms with Crippen molar-refractivity contribution >= 4 is 5.91 Å². The molecule has 1 aromatic heterocycles. The van der Waals surface area contributed by atoms with Gasteiger partial charge in [0.2, 0.25) is 5.91 Å². The van der Waals surface area contributed by atoms with Gasteiger partial charge in [-0.2, -0.15) is 0 Å². The molecule has 0 aliphatic carbocycles. The van der Waals surface area contributed by atoms with Gasteiger partial charge in [-0.3, -0.25) is 4.79 Å². The Labute approximate surface area is 113 Å². The molecular formula is C13H23N3O3. The largest absolute Gasteiger partial charge is 0.389 e. The van der Waals surface area contributed by atoms with E-state index >= 15 is 0 Å². The van der Waals surface area contributed by atoms with Crippen LogP contribution in [0.3, 0.4) is 0 Å². The van der Waals surface area contributed by atoms with Gasteiger partial charge in [0.25, 0.3) is 0 Å². The van der Waals surface area contributed by atoms with Crippen LogP contribution in [0.15, 0.2) is 18.7 Å². The molecule has 6 heteroatoms. The second kappa shape index (κ2) is 8.66. The Kier molecular flexibility index (Phi) is 7.14. The molecule has 2 unspecified atom stereocenters. The molecule has 2 N–H and O–H groups in total. The van der Waals surface area contributed by atoms with Crippen LogP contribution in [-0.2, 0) is 9.53 Å². The average molecular weight is 269 g/mol. The number of nitrogens with zero attached hydrogens (tertiary/aromatic N) is 2. The van der Waals surface area contributed by atoms with E-state index in [0.29, 0.717) is 6.42 Å². The van der Waals surface area contributed by atoms with Gasteiger partial charge in [-0.15, -0.1) is 0 Å². The van der Waals surface area contributed by atoms with E-state index in [1.807, 2.05) is 10.8 Å². The van der Waals surface area contributed by atoms with E-state index in [1.54, 1.807) is 12.5 Å². The normalized spacial score (nSPS) is 14.1. The van der Waals surface area contributed by atoms with Gasteiger partial charge in [-0.1, -0.05) is 13.3 Å². The average Bonchev–Trinajstić information content (AvgIpc) is 2.90. The molecule has 6 nitrogen and oxygen atoms in total. The van der Waals surface area contributed by atoms with Crippen molar-refractivity contribution in [2.24, 2.45) is 0 Å². The number of nitrogens with one attached hydrogen (secondary N) is 1. The Balaban J connectivity index is 2.39. The standard InChI is InChI=1S/C13H23N3O3/c1-3-4-11(16-6-5-14-10-16)7-13(18)15-8-12(17)9-19-2/h5-6,10-12,17H,3-4,7-9H2,1-2H3,(H,15,18). The zero-order valence-electron chi connectivity index (χ0n) is 11.6. The molecule has 108 valence electrons. The Morgan fingerprint density at radius 2 is 2.37 bits per heavy atom. The summed E-state index contributed by atoms with van der Waals surface area (Å²) in [5.74, 6) is -0.0673. The van der Waals surface area contributed by atoms with Gasteiger partial charge in [0.15, 0.2) is 0 Å². The van der Waals surface area contributed by atoms with Gasteiger partial charge in [0, 0.05) is 38.5 Å². The number of amides is 1. The van der Waals surface area contributed by atoms with E-state index in [1.165, 1.54) is 7.11 Å². The Morgan fingerprint density at radius 1 is 1.58 bits per heavy atom. The van der Waals surface area contributed by atoms with Gasteiger partial charge in [0.05, 0.1) is 19.0 Å². The van der Waals surface area contributed by atoms with E-state index in [0.717, 1.165) is 12.8 Å². The summed E-state index contributed by atoms with van der Waals surface area (Å²) in [4.78, 5) is 15.8. The van der Waals surface area contributed by atoms with Crippen molar-refractivity contribution in [1.82, 2.24) is 14.9 Å².